The van der Waals surface area contributed by atoms with Gasteiger partial charge in [-0.1, -0.05) is 25.7 Å². The molecule has 1 saturated carbocycles. The monoisotopic (exact) mass is 283 g/mol. The molecule has 0 spiro atoms. The Hall–Kier alpha value is -1.04. The smallest absolute Gasteiger partial charge is 0.236 e. The third kappa shape index (κ3) is 2.63. The van der Waals surface area contributed by atoms with E-state index in [9.17, 15) is 8.42 Å². The zero-order chi connectivity index (χ0) is 13.3. The van der Waals surface area contributed by atoms with Crippen LogP contribution in [0, 0.1) is 5.92 Å². The zero-order valence-electron chi connectivity index (χ0n) is 11.1. The van der Waals surface area contributed by atoms with Gasteiger partial charge in [-0.05, 0) is 25.2 Å². The molecule has 2 aliphatic rings. The van der Waals surface area contributed by atoms with E-state index in [-0.39, 0.29) is 5.75 Å². The lowest BCUT2D eigenvalue weighted by atomic mass is 10.1. The van der Waals surface area contributed by atoms with Gasteiger partial charge in [0.2, 0.25) is 10.0 Å². The second-order valence-electron chi connectivity index (χ2n) is 5.67. The van der Waals surface area contributed by atoms with Crippen LogP contribution in [0.3, 0.4) is 0 Å². The van der Waals surface area contributed by atoms with Gasteiger partial charge in [0.15, 0.2) is 0 Å². The summed E-state index contributed by atoms with van der Waals surface area (Å²) >= 11 is 0. The molecule has 1 N–H and O–H groups in total. The van der Waals surface area contributed by atoms with Gasteiger partial charge in [0, 0.05) is 12.1 Å². The topological polar surface area (TPSA) is 66.1 Å². The Bertz CT molecular complexity index is 532. The van der Waals surface area contributed by atoms with Crippen molar-refractivity contribution in [2.24, 2.45) is 5.92 Å². The minimum atomic E-state index is -3.19. The molecular formula is C13H21N3O2S. The SMILES string of the molecule is O=S(=O)(CCC1CCCC1)N1CCCc2cn[nH]c21. The van der Waals surface area contributed by atoms with Crippen molar-refractivity contribution in [3.63, 3.8) is 0 Å². The van der Waals surface area contributed by atoms with Crippen molar-refractivity contribution in [2.75, 3.05) is 16.6 Å². The highest BCUT2D eigenvalue weighted by atomic mass is 32.2. The van der Waals surface area contributed by atoms with Crippen molar-refractivity contribution in [1.82, 2.24) is 10.2 Å². The lowest BCUT2D eigenvalue weighted by Gasteiger charge is -2.27. The van der Waals surface area contributed by atoms with Crippen LogP contribution in [-0.4, -0.2) is 30.9 Å². The number of aromatic amines is 1. The summed E-state index contributed by atoms with van der Waals surface area (Å²) in [6, 6.07) is 0. The van der Waals surface area contributed by atoms with Crippen molar-refractivity contribution < 1.29 is 8.42 Å². The molecule has 106 valence electrons. The Kier molecular flexibility index (Phi) is 3.52. The molecule has 2 heterocycles. The maximum Gasteiger partial charge on any atom is 0.236 e. The first kappa shape index (κ1) is 13.0. The minimum Gasteiger partial charge on any atom is -0.262 e. The summed E-state index contributed by atoms with van der Waals surface area (Å²) in [6.07, 6.45) is 9.28. The lowest BCUT2D eigenvalue weighted by molar-refractivity contribution is 0.519. The van der Waals surface area contributed by atoms with Gasteiger partial charge < -0.3 is 0 Å². The van der Waals surface area contributed by atoms with E-state index in [2.05, 4.69) is 10.2 Å². The largest absolute Gasteiger partial charge is 0.262 e. The molecule has 6 heteroatoms. The normalized spacial score (nSPS) is 20.7. The lowest BCUT2D eigenvalue weighted by Crippen LogP contribution is -2.37. The third-order valence-electron chi connectivity index (χ3n) is 4.35. The molecule has 0 unspecified atom stereocenters. The van der Waals surface area contributed by atoms with Crippen molar-refractivity contribution in [3.05, 3.63) is 11.8 Å². The predicted octanol–water partition coefficient (Wildman–Crippen LogP) is 2.07. The number of hydrogen-bond donors (Lipinski definition) is 1. The molecule has 1 fully saturated rings. The number of anilines is 1. The fourth-order valence-electron chi connectivity index (χ4n) is 3.23. The van der Waals surface area contributed by atoms with E-state index in [0.717, 1.165) is 24.8 Å². The summed E-state index contributed by atoms with van der Waals surface area (Å²) in [7, 11) is -3.19. The zero-order valence-corrected chi connectivity index (χ0v) is 12.0. The summed E-state index contributed by atoms with van der Waals surface area (Å²) in [5.41, 5.74) is 1.02. The van der Waals surface area contributed by atoms with Gasteiger partial charge in [-0.25, -0.2) is 8.42 Å². The van der Waals surface area contributed by atoms with Crippen LogP contribution in [0.1, 0.15) is 44.1 Å². The molecule has 0 amide bonds. The van der Waals surface area contributed by atoms with Crippen molar-refractivity contribution in [1.29, 1.82) is 0 Å². The Morgan fingerprint density at radius 3 is 2.89 bits per heavy atom. The fourth-order valence-corrected chi connectivity index (χ4v) is 4.93. The van der Waals surface area contributed by atoms with E-state index in [0.29, 0.717) is 18.3 Å². The molecule has 5 nitrogen and oxygen atoms in total. The first-order valence-electron chi connectivity index (χ1n) is 7.19. The molecule has 3 rings (SSSR count). The number of aryl methyl sites for hydroxylation is 1. The molecule has 0 bridgehead atoms. The first-order chi connectivity index (χ1) is 9.17. The molecule has 1 aliphatic heterocycles. The van der Waals surface area contributed by atoms with Gasteiger partial charge in [0.05, 0.1) is 11.9 Å². The first-order valence-corrected chi connectivity index (χ1v) is 8.80. The Morgan fingerprint density at radius 2 is 2.11 bits per heavy atom. The molecule has 1 aliphatic carbocycles. The van der Waals surface area contributed by atoms with Gasteiger partial charge in [0.1, 0.15) is 5.82 Å². The van der Waals surface area contributed by atoms with Crippen LogP contribution in [0.5, 0.6) is 0 Å². The molecule has 19 heavy (non-hydrogen) atoms. The van der Waals surface area contributed by atoms with E-state index in [1.54, 1.807) is 6.20 Å². The third-order valence-corrected chi connectivity index (χ3v) is 6.13. The summed E-state index contributed by atoms with van der Waals surface area (Å²) in [5, 5.41) is 6.81. The fraction of sp³-hybridized carbons (Fsp3) is 0.769. The number of aromatic nitrogens is 2. The number of fused-ring (bicyclic) bond motifs is 1. The summed E-state index contributed by atoms with van der Waals surface area (Å²) in [6.45, 7) is 0.586. The van der Waals surface area contributed by atoms with E-state index >= 15 is 0 Å². The number of H-pyrrole nitrogens is 1. The molecular weight excluding hydrogens is 262 g/mol. The Balaban J connectivity index is 1.70. The minimum absolute atomic E-state index is 0.274. The van der Waals surface area contributed by atoms with Crippen LogP contribution in [0.25, 0.3) is 0 Å². The predicted molar refractivity (Wildman–Crippen MR) is 74.6 cm³/mol. The average molecular weight is 283 g/mol. The van der Waals surface area contributed by atoms with E-state index in [1.165, 1.54) is 30.0 Å². The van der Waals surface area contributed by atoms with Crippen LogP contribution in [0.15, 0.2) is 6.20 Å². The molecule has 0 atom stereocenters. The Morgan fingerprint density at radius 1 is 1.32 bits per heavy atom. The van der Waals surface area contributed by atoms with Crippen LogP contribution in [0.2, 0.25) is 0 Å². The highest BCUT2D eigenvalue weighted by Gasteiger charge is 2.29. The highest BCUT2D eigenvalue weighted by molar-refractivity contribution is 7.92. The average Bonchev–Trinajstić information content (AvgIpc) is 3.06. The molecule has 0 saturated heterocycles. The standard InChI is InChI=1S/C13H21N3O2S/c17-19(18,9-7-11-4-1-2-5-11)16-8-3-6-12-10-14-15-13(12)16/h10-11H,1-9H2,(H,14,15). The van der Waals surface area contributed by atoms with E-state index < -0.39 is 10.0 Å². The number of nitrogens with zero attached hydrogens (tertiary/aromatic N) is 2. The maximum absolute atomic E-state index is 12.5. The Labute approximate surface area is 114 Å². The second-order valence-corrected chi connectivity index (χ2v) is 7.69. The van der Waals surface area contributed by atoms with Gasteiger partial charge in [-0.2, -0.15) is 5.10 Å². The maximum atomic E-state index is 12.5. The van der Waals surface area contributed by atoms with Crippen LogP contribution < -0.4 is 4.31 Å². The molecule has 1 aromatic heterocycles. The van der Waals surface area contributed by atoms with Gasteiger partial charge in [0.25, 0.3) is 0 Å². The molecule has 0 aromatic carbocycles. The number of rotatable bonds is 4. The number of hydrogen-bond acceptors (Lipinski definition) is 3. The van der Waals surface area contributed by atoms with Crippen molar-refractivity contribution >= 4 is 15.8 Å². The highest BCUT2D eigenvalue weighted by Crippen LogP contribution is 2.30. The van der Waals surface area contributed by atoms with Crippen LogP contribution >= 0.6 is 0 Å². The van der Waals surface area contributed by atoms with Gasteiger partial charge in [-0.15, -0.1) is 0 Å². The second kappa shape index (κ2) is 5.15. The van der Waals surface area contributed by atoms with Crippen LogP contribution in [-0.2, 0) is 16.4 Å². The summed E-state index contributed by atoms with van der Waals surface area (Å²) in [5.74, 6) is 1.58. The van der Waals surface area contributed by atoms with E-state index in [1.807, 2.05) is 0 Å². The van der Waals surface area contributed by atoms with Gasteiger partial charge in [-0.3, -0.25) is 9.40 Å². The quantitative estimate of drug-likeness (QED) is 0.920. The van der Waals surface area contributed by atoms with Crippen molar-refractivity contribution in [2.45, 2.75) is 44.9 Å². The van der Waals surface area contributed by atoms with E-state index in [4.69, 9.17) is 0 Å². The molecule has 1 aromatic rings. The number of sulfonamides is 1. The summed E-state index contributed by atoms with van der Waals surface area (Å²) in [4.78, 5) is 0. The van der Waals surface area contributed by atoms with Crippen LogP contribution in [0.4, 0.5) is 5.82 Å². The van der Waals surface area contributed by atoms with Gasteiger partial charge >= 0.3 is 0 Å². The molecule has 0 radical (unpaired) electrons. The van der Waals surface area contributed by atoms with Crippen molar-refractivity contribution in [3.8, 4) is 0 Å². The number of nitrogens with one attached hydrogen (secondary N) is 1. The summed E-state index contributed by atoms with van der Waals surface area (Å²) < 4.78 is 26.5.